The van der Waals surface area contributed by atoms with Gasteiger partial charge in [0, 0.05) is 12.1 Å². The number of carbonyl (C=O) groups excluding carboxylic acids is 1. The van der Waals surface area contributed by atoms with Crippen LogP contribution in [0, 0.1) is 13.7 Å². The fourth-order valence-corrected chi connectivity index (χ4v) is 7.50. The quantitative estimate of drug-likeness (QED) is 0.0693. The zero-order chi connectivity index (χ0) is 33.9. The summed E-state index contributed by atoms with van der Waals surface area (Å²) in [4.78, 5) is 43.4. The third-order valence-corrected chi connectivity index (χ3v) is 9.58. The number of fused-ring (bicyclic) bond motifs is 2. The number of halogens is 1. The minimum atomic E-state index is -0.733. The van der Waals surface area contributed by atoms with Crippen LogP contribution in [-0.2, 0) is 16.1 Å². The Kier molecular flexibility index (Phi) is 9.73. The molecule has 10 nitrogen and oxygen atoms in total. The number of allylic oxidation sites excluding steroid dienone is 1. The lowest BCUT2D eigenvalue weighted by molar-refractivity contribution is -0.384. The molecule has 0 fully saturated rings. The van der Waals surface area contributed by atoms with Gasteiger partial charge < -0.3 is 14.2 Å². The summed E-state index contributed by atoms with van der Waals surface area (Å²) in [5.74, 6) is 0.519. The number of ether oxygens (including phenoxy) is 3. The molecule has 0 saturated carbocycles. The molecule has 1 aliphatic rings. The molecule has 244 valence electrons. The number of esters is 1. The molecule has 0 spiro atoms. The van der Waals surface area contributed by atoms with Crippen LogP contribution in [0.3, 0.4) is 0 Å². The van der Waals surface area contributed by atoms with E-state index in [-0.39, 0.29) is 24.5 Å². The molecule has 0 aliphatic carbocycles. The summed E-state index contributed by atoms with van der Waals surface area (Å²) in [6, 6.07) is 22.9. The van der Waals surface area contributed by atoms with E-state index in [1.807, 2.05) is 61.5 Å². The van der Waals surface area contributed by atoms with E-state index < -0.39 is 16.9 Å². The molecule has 0 bridgehead atoms. The van der Waals surface area contributed by atoms with E-state index >= 15 is 0 Å². The van der Waals surface area contributed by atoms with Crippen molar-refractivity contribution in [2.75, 3.05) is 13.2 Å². The van der Waals surface area contributed by atoms with Gasteiger partial charge >= 0.3 is 5.97 Å². The fraction of sp³-hybridized carbons (Fsp3) is 0.194. The van der Waals surface area contributed by atoms with E-state index in [0.29, 0.717) is 38.7 Å². The SMILES string of the molecule is CCOC(=O)C1=C(C)N=c2s/c(=C/c3cc(I)c(OCc4ccc([N+](=O)[O-])cc4)c(OCC)c3)c(=O)n2[C@H]1c1cccc2ccccc12. The molecule has 1 aliphatic heterocycles. The van der Waals surface area contributed by atoms with Crippen LogP contribution in [-0.4, -0.2) is 28.7 Å². The summed E-state index contributed by atoms with van der Waals surface area (Å²) in [7, 11) is 0. The topological polar surface area (TPSA) is 122 Å². The third kappa shape index (κ3) is 6.49. The number of carbonyl (C=O) groups is 1. The predicted octanol–water partition coefficient (Wildman–Crippen LogP) is 6.44. The first-order chi connectivity index (χ1) is 23.2. The van der Waals surface area contributed by atoms with E-state index in [1.54, 1.807) is 36.6 Å². The molecule has 48 heavy (non-hydrogen) atoms. The number of thiazole rings is 1. The second kappa shape index (κ2) is 14.1. The molecule has 2 heterocycles. The number of nitrogens with zero attached hydrogens (tertiary/aromatic N) is 3. The number of nitro benzene ring substituents is 1. The average Bonchev–Trinajstić information content (AvgIpc) is 3.37. The number of rotatable bonds is 10. The summed E-state index contributed by atoms with van der Waals surface area (Å²) in [6.45, 7) is 6.15. The molecular weight excluding hydrogens is 745 g/mol. The van der Waals surface area contributed by atoms with Crippen LogP contribution in [0.2, 0.25) is 0 Å². The molecule has 0 amide bonds. The highest BCUT2D eigenvalue weighted by Gasteiger charge is 2.34. The highest BCUT2D eigenvalue weighted by atomic mass is 127. The molecule has 12 heteroatoms. The Bertz CT molecular complexity index is 2270. The number of nitro groups is 1. The second-order valence-electron chi connectivity index (χ2n) is 10.8. The van der Waals surface area contributed by atoms with Crippen LogP contribution in [0.15, 0.2) is 99.9 Å². The normalized spacial score (nSPS) is 14.4. The number of hydrogen-bond acceptors (Lipinski definition) is 9. The van der Waals surface area contributed by atoms with E-state index in [2.05, 4.69) is 22.6 Å². The first-order valence-electron chi connectivity index (χ1n) is 15.2. The average molecular weight is 776 g/mol. The number of non-ortho nitro benzene ring substituents is 1. The van der Waals surface area contributed by atoms with E-state index in [4.69, 9.17) is 19.2 Å². The first-order valence-corrected chi connectivity index (χ1v) is 17.1. The van der Waals surface area contributed by atoms with Crippen molar-refractivity contribution in [1.82, 2.24) is 4.57 Å². The third-order valence-electron chi connectivity index (χ3n) is 7.79. The Balaban J connectivity index is 1.43. The van der Waals surface area contributed by atoms with Gasteiger partial charge in [0.2, 0.25) is 0 Å². The van der Waals surface area contributed by atoms with Gasteiger partial charge in [-0.2, -0.15) is 0 Å². The van der Waals surface area contributed by atoms with Crippen molar-refractivity contribution >= 4 is 62.4 Å². The minimum Gasteiger partial charge on any atom is -0.490 e. The van der Waals surface area contributed by atoms with Crippen LogP contribution >= 0.6 is 33.9 Å². The molecule has 1 atom stereocenters. The monoisotopic (exact) mass is 775 g/mol. The van der Waals surface area contributed by atoms with E-state index in [1.165, 1.54) is 23.5 Å². The lowest BCUT2D eigenvalue weighted by atomic mass is 9.91. The van der Waals surface area contributed by atoms with Crippen LogP contribution < -0.4 is 24.4 Å². The summed E-state index contributed by atoms with van der Waals surface area (Å²) < 4.78 is 20.3. The Morgan fingerprint density at radius 2 is 1.79 bits per heavy atom. The van der Waals surface area contributed by atoms with Crippen molar-refractivity contribution in [3.05, 3.63) is 140 Å². The molecule has 5 aromatic rings. The summed E-state index contributed by atoms with van der Waals surface area (Å²) in [6.07, 6.45) is 1.79. The Labute approximate surface area is 292 Å². The summed E-state index contributed by atoms with van der Waals surface area (Å²) >= 11 is 3.42. The van der Waals surface area contributed by atoms with Gasteiger partial charge in [0.05, 0.1) is 43.6 Å². The van der Waals surface area contributed by atoms with E-state index in [9.17, 15) is 19.7 Å². The van der Waals surface area contributed by atoms with Crippen molar-refractivity contribution in [3.8, 4) is 11.5 Å². The lowest BCUT2D eigenvalue weighted by Gasteiger charge is -2.25. The van der Waals surface area contributed by atoms with Gasteiger partial charge in [0.25, 0.3) is 11.2 Å². The van der Waals surface area contributed by atoms with Crippen molar-refractivity contribution in [2.24, 2.45) is 4.99 Å². The summed E-state index contributed by atoms with van der Waals surface area (Å²) in [5.41, 5.74) is 2.85. The Hall–Kier alpha value is -4.82. The number of hydrogen-bond donors (Lipinski definition) is 0. The number of benzene rings is 4. The summed E-state index contributed by atoms with van der Waals surface area (Å²) in [5, 5.41) is 12.9. The molecular formula is C36H30IN3O7S. The van der Waals surface area contributed by atoms with Gasteiger partial charge in [0.1, 0.15) is 6.61 Å². The van der Waals surface area contributed by atoms with Gasteiger partial charge in [-0.05, 0) is 101 Å². The van der Waals surface area contributed by atoms with Gasteiger partial charge in [-0.3, -0.25) is 19.5 Å². The maximum absolute atomic E-state index is 14.3. The van der Waals surface area contributed by atoms with Gasteiger partial charge in [-0.15, -0.1) is 0 Å². The predicted molar refractivity (Wildman–Crippen MR) is 192 cm³/mol. The number of aromatic nitrogens is 1. The zero-order valence-corrected chi connectivity index (χ0v) is 29.2. The molecule has 4 aromatic carbocycles. The van der Waals surface area contributed by atoms with Crippen LogP contribution in [0.5, 0.6) is 11.5 Å². The molecule has 6 rings (SSSR count). The lowest BCUT2D eigenvalue weighted by Crippen LogP contribution is -2.40. The van der Waals surface area contributed by atoms with Gasteiger partial charge in [-0.1, -0.05) is 53.8 Å². The van der Waals surface area contributed by atoms with Crippen LogP contribution in [0.25, 0.3) is 16.8 Å². The smallest absolute Gasteiger partial charge is 0.338 e. The zero-order valence-electron chi connectivity index (χ0n) is 26.3. The highest BCUT2D eigenvalue weighted by molar-refractivity contribution is 14.1. The van der Waals surface area contributed by atoms with Gasteiger partial charge in [0.15, 0.2) is 16.3 Å². The van der Waals surface area contributed by atoms with Crippen molar-refractivity contribution < 1.29 is 23.9 Å². The van der Waals surface area contributed by atoms with Crippen LogP contribution in [0.4, 0.5) is 5.69 Å². The minimum absolute atomic E-state index is 0.00804. The molecule has 0 unspecified atom stereocenters. The maximum atomic E-state index is 14.3. The second-order valence-corrected chi connectivity index (χ2v) is 13.0. The van der Waals surface area contributed by atoms with Gasteiger partial charge in [-0.25, -0.2) is 9.79 Å². The molecule has 0 radical (unpaired) electrons. The van der Waals surface area contributed by atoms with E-state index in [0.717, 1.165) is 31.0 Å². The largest absolute Gasteiger partial charge is 0.490 e. The Morgan fingerprint density at radius 3 is 2.52 bits per heavy atom. The van der Waals surface area contributed by atoms with Crippen molar-refractivity contribution in [2.45, 2.75) is 33.4 Å². The standard InChI is InChI=1S/C36H30IN3O7S/c1-4-45-29-18-23(17-28(37)33(29)47-20-22-13-15-25(16-14-22)40(43)44)19-30-34(41)39-32(27-12-8-10-24-9-6-7-11-26(24)27)31(35(42)46-5-2)21(3)38-36(39)48-30/h6-19,32H,4-5,20H2,1-3H3/b30-19+/t32-/m0/s1. The van der Waals surface area contributed by atoms with Crippen molar-refractivity contribution in [1.29, 1.82) is 0 Å². The molecule has 0 saturated heterocycles. The van der Waals surface area contributed by atoms with Crippen molar-refractivity contribution in [3.63, 3.8) is 0 Å². The Morgan fingerprint density at radius 1 is 1.04 bits per heavy atom. The molecule has 1 aromatic heterocycles. The fourth-order valence-electron chi connectivity index (χ4n) is 5.67. The highest BCUT2D eigenvalue weighted by Crippen LogP contribution is 2.36. The maximum Gasteiger partial charge on any atom is 0.338 e. The first kappa shape index (κ1) is 33.1. The van der Waals surface area contributed by atoms with Crippen LogP contribution in [0.1, 0.15) is 43.5 Å². The molecule has 0 N–H and O–H groups in total.